The number of hydrogen-bond donors (Lipinski definition) is 2. The maximum Gasteiger partial charge on any atom is 0.326 e. The van der Waals surface area contributed by atoms with Crippen molar-refractivity contribution in [2.45, 2.75) is 58.4 Å². The van der Waals surface area contributed by atoms with E-state index in [9.17, 15) is 14.7 Å². The average Bonchev–Trinajstić information content (AvgIpc) is 2.53. The van der Waals surface area contributed by atoms with Gasteiger partial charge in [-0.25, -0.2) is 4.79 Å². The maximum absolute atomic E-state index is 12.4. The molecule has 0 aromatic rings. The number of amides is 1. The zero-order valence-electron chi connectivity index (χ0n) is 13.7. The van der Waals surface area contributed by atoms with Gasteiger partial charge >= 0.3 is 5.97 Å². The van der Waals surface area contributed by atoms with E-state index in [1.165, 1.54) is 0 Å². The zero-order chi connectivity index (χ0) is 16.1. The largest absolute Gasteiger partial charge is 0.480 e. The van der Waals surface area contributed by atoms with Crippen LogP contribution in [0.2, 0.25) is 0 Å². The minimum Gasteiger partial charge on any atom is -0.480 e. The first-order valence-electron chi connectivity index (χ1n) is 8.60. The molecule has 1 aliphatic carbocycles. The van der Waals surface area contributed by atoms with Gasteiger partial charge in [-0.1, -0.05) is 13.8 Å². The molecule has 126 valence electrons. The Balaban J connectivity index is 1.87. The van der Waals surface area contributed by atoms with Crippen LogP contribution >= 0.6 is 0 Å². The average molecular weight is 311 g/mol. The first-order chi connectivity index (χ1) is 10.5. The van der Waals surface area contributed by atoms with Crippen molar-refractivity contribution in [2.75, 3.05) is 13.2 Å². The first kappa shape index (κ1) is 17.3. The molecule has 1 saturated carbocycles. The van der Waals surface area contributed by atoms with E-state index in [4.69, 9.17) is 4.74 Å². The van der Waals surface area contributed by atoms with Gasteiger partial charge in [0, 0.05) is 18.4 Å². The Morgan fingerprint density at radius 1 is 1.09 bits per heavy atom. The SMILES string of the molecule is CC(C)C1CCC(C(=O)NC(C(=O)O)C2CCCOC2)CC1. The molecule has 1 amide bonds. The second kappa shape index (κ2) is 7.95. The predicted molar refractivity (Wildman–Crippen MR) is 83.4 cm³/mol. The van der Waals surface area contributed by atoms with E-state index in [1.54, 1.807) is 0 Å². The smallest absolute Gasteiger partial charge is 0.326 e. The summed E-state index contributed by atoms with van der Waals surface area (Å²) in [5.74, 6) is 0.199. The predicted octanol–water partition coefficient (Wildman–Crippen LogP) is 2.44. The van der Waals surface area contributed by atoms with Crippen molar-refractivity contribution in [3.63, 3.8) is 0 Å². The van der Waals surface area contributed by atoms with Gasteiger partial charge < -0.3 is 15.2 Å². The lowest BCUT2D eigenvalue weighted by Crippen LogP contribution is -2.50. The Morgan fingerprint density at radius 3 is 2.27 bits per heavy atom. The molecule has 2 N–H and O–H groups in total. The van der Waals surface area contributed by atoms with Gasteiger partial charge in [0.15, 0.2) is 0 Å². The van der Waals surface area contributed by atoms with Gasteiger partial charge in [0.2, 0.25) is 5.91 Å². The summed E-state index contributed by atoms with van der Waals surface area (Å²) in [6, 6.07) is -0.810. The highest BCUT2D eigenvalue weighted by Crippen LogP contribution is 2.33. The fourth-order valence-corrected chi connectivity index (χ4v) is 3.73. The number of ether oxygens (including phenoxy) is 1. The molecular weight excluding hydrogens is 282 g/mol. The monoisotopic (exact) mass is 311 g/mol. The minimum atomic E-state index is -0.945. The molecule has 2 fully saturated rings. The molecule has 2 rings (SSSR count). The normalized spacial score (nSPS) is 30.8. The van der Waals surface area contributed by atoms with Gasteiger partial charge in [-0.15, -0.1) is 0 Å². The molecule has 1 heterocycles. The molecule has 0 radical (unpaired) electrons. The van der Waals surface area contributed by atoms with Crippen LogP contribution in [0.25, 0.3) is 0 Å². The third kappa shape index (κ3) is 4.45. The van der Waals surface area contributed by atoms with Gasteiger partial charge in [-0.05, 0) is 50.4 Å². The van der Waals surface area contributed by atoms with Crippen LogP contribution in [0.1, 0.15) is 52.4 Å². The second-order valence-corrected chi connectivity index (χ2v) is 7.16. The quantitative estimate of drug-likeness (QED) is 0.817. The van der Waals surface area contributed by atoms with Gasteiger partial charge in [-0.2, -0.15) is 0 Å². The summed E-state index contributed by atoms with van der Waals surface area (Å²) in [6.07, 6.45) is 5.56. The molecular formula is C17H29NO4. The summed E-state index contributed by atoms with van der Waals surface area (Å²) in [4.78, 5) is 23.9. The Hall–Kier alpha value is -1.10. The number of rotatable bonds is 5. The number of carboxylic acid groups (broad SMARTS) is 1. The molecule has 22 heavy (non-hydrogen) atoms. The number of nitrogens with one attached hydrogen (secondary N) is 1. The highest BCUT2D eigenvalue weighted by Gasteiger charge is 2.34. The molecule has 5 nitrogen and oxygen atoms in total. The van der Waals surface area contributed by atoms with Crippen molar-refractivity contribution in [1.29, 1.82) is 0 Å². The highest BCUT2D eigenvalue weighted by molar-refractivity contribution is 5.85. The Bertz CT molecular complexity index is 382. The fourth-order valence-electron chi connectivity index (χ4n) is 3.73. The number of aliphatic carboxylic acids is 1. The van der Waals surface area contributed by atoms with Crippen molar-refractivity contribution in [1.82, 2.24) is 5.32 Å². The van der Waals surface area contributed by atoms with Crippen LogP contribution in [-0.2, 0) is 14.3 Å². The molecule has 2 atom stereocenters. The van der Waals surface area contributed by atoms with Crippen LogP contribution in [-0.4, -0.2) is 36.2 Å². The van der Waals surface area contributed by atoms with E-state index < -0.39 is 12.0 Å². The third-order valence-electron chi connectivity index (χ3n) is 5.32. The number of carboxylic acids is 1. The van der Waals surface area contributed by atoms with Crippen LogP contribution in [0.3, 0.4) is 0 Å². The summed E-state index contributed by atoms with van der Waals surface area (Å²) >= 11 is 0. The zero-order valence-corrected chi connectivity index (χ0v) is 13.7. The Morgan fingerprint density at radius 2 is 1.77 bits per heavy atom. The minimum absolute atomic E-state index is 0.0265. The maximum atomic E-state index is 12.4. The van der Waals surface area contributed by atoms with Crippen molar-refractivity contribution in [2.24, 2.45) is 23.7 Å². The summed E-state index contributed by atoms with van der Waals surface area (Å²) in [5, 5.41) is 12.2. The van der Waals surface area contributed by atoms with Crippen LogP contribution in [0, 0.1) is 23.7 Å². The van der Waals surface area contributed by atoms with E-state index in [-0.39, 0.29) is 17.7 Å². The second-order valence-electron chi connectivity index (χ2n) is 7.16. The van der Waals surface area contributed by atoms with E-state index in [2.05, 4.69) is 19.2 Å². The van der Waals surface area contributed by atoms with Crippen LogP contribution in [0.5, 0.6) is 0 Å². The molecule has 0 aromatic heterocycles. The van der Waals surface area contributed by atoms with Gasteiger partial charge in [0.25, 0.3) is 0 Å². The lowest BCUT2D eigenvalue weighted by Gasteiger charge is -2.32. The molecule has 1 aliphatic heterocycles. The van der Waals surface area contributed by atoms with Crippen molar-refractivity contribution in [3.8, 4) is 0 Å². The number of carbonyl (C=O) groups excluding carboxylic acids is 1. The Labute approximate surface area is 132 Å². The van der Waals surface area contributed by atoms with Gasteiger partial charge in [-0.3, -0.25) is 4.79 Å². The van der Waals surface area contributed by atoms with Crippen LogP contribution in [0.4, 0.5) is 0 Å². The van der Waals surface area contributed by atoms with Crippen LogP contribution < -0.4 is 5.32 Å². The van der Waals surface area contributed by atoms with E-state index in [1.807, 2.05) is 0 Å². The molecule has 2 unspecified atom stereocenters. The van der Waals surface area contributed by atoms with Gasteiger partial charge in [0.1, 0.15) is 6.04 Å². The molecule has 0 bridgehead atoms. The first-order valence-corrected chi connectivity index (χ1v) is 8.60. The van der Waals surface area contributed by atoms with E-state index in [0.717, 1.165) is 38.5 Å². The number of hydrogen-bond acceptors (Lipinski definition) is 3. The standard InChI is InChI=1S/C17H29NO4/c1-11(2)12-5-7-13(8-6-12)16(19)18-15(17(20)21)14-4-3-9-22-10-14/h11-15H,3-10H2,1-2H3,(H,18,19)(H,20,21). The summed E-state index contributed by atoms with van der Waals surface area (Å²) < 4.78 is 5.37. The van der Waals surface area contributed by atoms with Crippen molar-refractivity contribution < 1.29 is 19.4 Å². The topological polar surface area (TPSA) is 75.6 Å². The third-order valence-corrected chi connectivity index (χ3v) is 5.32. The summed E-state index contributed by atoms with van der Waals surface area (Å²) in [5.41, 5.74) is 0. The molecule has 5 heteroatoms. The van der Waals surface area contributed by atoms with Crippen molar-refractivity contribution in [3.05, 3.63) is 0 Å². The lowest BCUT2D eigenvalue weighted by atomic mass is 9.76. The number of carbonyl (C=O) groups is 2. The lowest BCUT2D eigenvalue weighted by molar-refractivity contribution is -0.146. The molecule has 0 spiro atoms. The molecule has 0 aromatic carbocycles. The molecule has 1 saturated heterocycles. The van der Waals surface area contributed by atoms with Crippen molar-refractivity contribution >= 4 is 11.9 Å². The van der Waals surface area contributed by atoms with Crippen LogP contribution in [0.15, 0.2) is 0 Å². The highest BCUT2D eigenvalue weighted by atomic mass is 16.5. The summed E-state index contributed by atoms with van der Waals surface area (Å²) in [7, 11) is 0. The molecule has 2 aliphatic rings. The fraction of sp³-hybridized carbons (Fsp3) is 0.882. The van der Waals surface area contributed by atoms with Gasteiger partial charge in [0.05, 0.1) is 6.61 Å². The van der Waals surface area contributed by atoms with E-state index >= 15 is 0 Å². The Kier molecular flexibility index (Phi) is 6.24. The summed E-state index contributed by atoms with van der Waals surface area (Å²) in [6.45, 7) is 5.58. The van der Waals surface area contributed by atoms with E-state index in [0.29, 0.717) is 25.0 Å².